The van der Waals surface area contributed by atoms with Crippen molar-refractivity contribution in [2.24, 2.45) is 0 Å². The lowest BCUT2D eigenvalue weighted by Crippen LogP contribution is -2.48. The van der Waals surface area contributed by atoms with Crippen molar-refractivity contribution in [1.82, 2.24) is 10.3 Å². The number of hydrogen-bond acceptors (Lipinski definition) is 5. The third kappa shape index (κ3) is 4.29. The summed E-state index contributed by atoms with van der Waals surface area (Å²) in [5.74, 6) is -0.107. The topological polar surface area (TPSA) is 63.2 Å². The zero-order chi connectivity index (χ0) is 16.2. The van der Waals surface area contributed by atoms with Crippen molar-refractivity contribution >= 4 is 34.0 Å². The van der Waals surface area contributed by atoms with Crippen molar-refractivity contribution in [1.29, 1.82) is 0 Å². The van der Waals surface area contributed by atoms with Gasteiger partial charge < -0.3 is 15.4 Å². The largest absolute Gasteiger partial charge is 0.378 e. The number of aryl methyl sites for hydroxylation is 1. The second-order valence-electron chi connectivity index (χ2n) is 5.46. The van der Waals surface area contributed by atoms with E-state index in [1.807, 2.05) is 19.1 Å². The molecule has 1 fully saturated rings. The van der Waals surface area contributed by atoms with Gasteiger partial charge in [-0.15, -0.1) is 11.3 Å². The number of morpholine rings is 1. The van der Waals surface area contributed by atoms with Crippen LogP contribution in [0.2, 0.25) is 5.02 Å². The van der Waals surface area contributed by atoms with Crippen molar-refractivity contribution in [2.75, 3.05) is 25.1 Å². The molecule has 0 radical (unpaired) electrons. The number of halogens is 1. The number of thiazole rings is 1. The second-order valence-corrected chi connectivity index (χ2v) is 6.99. The Labute approximate surface area is 144 Å². The first-order chi connectivity index (χ1) is 11.1. The molecule has 23 heavy (non-hydrogen) atoms. The lowest BCUT2D eigenvalue weighted by molar-refractivity contribution is -0.120. The molecule has 3 rings (SSSR count). The minimum absolute atomic E-state index is 0.107. The molecule has 1 saturated heterocycles. The number of anilines is 1. The molecule has 1 aromatic heterocycles. The molecule has 0 spiro atoms. The minimum atomic E-state index is -0.313. The average molecular weight is 352 g/mol. The van der Waals surface area contributed by atoms with Crippen LogP contribution in [0.1, 0.15) is 16.0 Å². The van der Waals surface area contributed by atoms with Gasteiger partial charge in [-0.3, -0.25) is 4.79 Å². The molecular formula is C16H18ClN3O2S. The quantitative estimate of drug-likeness (QED) is 0.888. The van der Waals surface area contributed by atoms with E-state index >= 15 is 0 Å². The first-order valence-corrected chi connectivity index (χ1v) is 8.63. The van der Waals surface area contributed by atoms with E-state index in [0.717, 1.165) is 27.4 Å². The van der Waals surface area contributed by atoms with Gasteiger partial charge in [0, 0.05) is 29.1 Å². The van der Waals surface area contributed by atoms with Gasteiger partial charge in [0.25, 0.3) is 0 Å². The number of carbonyl (C=O) groups is 1. The van der Waals surface area contributed by atoms with Gasteiger partial charge in [-0.25, -0.2) is 4.98 Å². The smallest absolute Gasteiger partial charge is 0.245 e. The van der Waals surface area contributed by atoms with Gasteiger partial charge in [-0.05, 0) is 24.1 Å². The van der Waals surface area contributed by atoms with E-state index in [1.54, 1.807) is 6.20 Å². The Bertz CT molecular complexity index is 698. The number of aromatic nitrogens is 1. The molecule has 1 aliphatic heterocycles. The number of rotatable bonds is 4. The van der Waals surface area contributed by atoms with Crippen LogP contribution in [0.15, 0.2) is 24.4 Å². The first-order valence-electron chi connectivity index (χ1n) is 7.43. The number of nitrogens with one attached hydrogen (secondary N) is 2. The van der Waals surface area contributed by atoms with Crippen molar-refractivity contribution in [2.45, 2.75) is 19.4 Å². The summed E-state index contributed by atoms with van der Waals surface area (Å²) >= 11 is 7.63. The lowest BCUT2D eigenvalue weighted by atomic mass is 10.1. The van der Waals surface area contributed by atoms with Gasteiger partial charge >= 0.3 is 0 Å². The van der Waals surface area contributed by atoms with E-state index in [-0.39, 0.29) is 11.9 Å². The zero-order valence-electron chi connectivity index (χ0n) is 12.8. The Hall–Kier alpha value is -1.47. The normalized spacial score (nSPS) is 17.9. The van der Waals surface area contributed by atoms with E-state index in [0.29, 0.717) is 24.9 Å². The summed E-state index contributed by atoms with van der Waals surface area (Å²) in [6.07, 6.45) is 2.54. The molecule has 1 aromatic carbocycles. The average Bonchev–Trinajstić information content (AvgIpc) is 2.99. The standard InChI is InChI=1S/C16H18ClN3O2S/c1-10-2-3-11(7-13(10)17)6-12-8-19-16(23-12)20-15(21)14-9-22-5-4-18-14/h2-3,7-8,14,18H,4-6,9H2,1H3,(H,19,20,21). The Morgan fingerprint density at radius 2 is 2.43 bits per heavy atom. The fourth-order valence-corrected chi connectivity index (χ4v) is 3.37. The van der Waals surface area contributed by atoms with Crippen LogP contribution in [0.25, 0.3) is 0 Å². The Balaban J connectivity index is 1.61. The number of benzene rings is 1. The SMILES string of the molecule is Cc1ccc(Cc2cnc(NC(=O)C3COCCN3)s2)cc1Cl. The molecule has 2 heterocycles. The summed E-state index contributed by atoms with van der Waals surface area (Å²) in [6.45, 7) is 3.71. The maximum atomic E-state index is 12.1. The van der Waals surface area contributed by atoms with Crippen LogP contribution in [-0.4, -0.2) is 36.7 Å². The van der Waals surface area contributed by atoms with Crippen LogP contribution in [0.5, 0.6) is 0 Å². The molecular weight excluding hydrogens is 334 g/mol. The Morgan fingerprint density at radius 3 is 3.17 bits per heavy atom. The number of hydrogen-bond donors (Lipinski definition) is 2. The Kier molecular flexibility index (Phi) is 5.27. The molecule has 1 unspecified atom stereocenters. The molecule has 2 aromatic rings. The third-order valence-electron chi connectivity index (χ3n) is 3.64. The van der Waals surface area contributed by atoms with Crippen LogP contribution >= 0.6 is 22.9 Å². The van der Waals surface area contributed by atoms with Crippen LogP contribution in [-0.2, 0) is 16.0 Å². The van der Waals surface area contributed by atoms with E-state index in [1.165, 1.54) is 11.3 Å². The third-order valence-corrected chi connectivity index (χ3v) is 4.96. The maximum Gasteiger partial charge on any atom is 0.245 e. The molecule has 122 valence electrons. The summed E-state index contributed by atoms with van der Waals surface area (Å²) in [4.78, 5) is 17.5. The molecule has 2 N–H and O–H groups in total. The molecule has 1 amide bonds. The van der Waals surface area contributed by atoms with Crippen molar-refractivity contribution in [3.8, 4) is 0 Å². The summed E-state index contributed by atoms with van der Waals surface area (Å²) in [7, 11) is 0. The fraction of sp³-hybridized carbons (Fsp3) is 0.375. The van der Waals surface area contributed by atoms with E-state index < -0.39 is 0 Å². The molecule has 7 heteroatoms. The van der Waals surface area contributed by atoms with Crippen molar-refractivity contribution in [3.05, 3.63) is 45.4 Å². The maximum absolute atomic E-state index is 12.1. The highest BCUT2D eigenvalue weighted by Gasteiger charge is 2.21. The highest BCUT2D eigenvalue weighted by molar-refractivity contribution is 7.15. The van der Waals surface area contributed by atoms with Gasteiger partial charge in [0.1, 0.15) is 6.04 Å². The number of nitrogens with zero attached hydrogens (tertiary/aromatic N) is 1. The van der Waals surface area contributed by atoms with Gasteiger partial charge in [0.2, 0.25) is 5.91 Å². The highest BCUT2D eigenvalue weighted by atomic mass is 35.5. The molecule has 1 aliphatic rings. The van der Waals surface area contributed by atoms with Gasteiger partial charge in [0.05, 0.1) is 13.2 Å². The molecule has 0 saturated carbocycles. The predicted octanol–water partition coefficient (Wildman–Crippen LogP) is 2.62. The summed E-state index contributed by atoms with van der Waals surface area (Å²) < 4.78 is 5.29. The predicted molar refractivity (Wildman–Crippen MR) is 92.3 cm³/mol. The molecule has 0 aliphatic carbocycles. The number of carbonyl (C=O) groups excluding carboxylic acids is 1. The van der Waals surface area contributed by atoms with Crippen LogP contribution in [0.3, 0.4) is 0 Å². The lowest BCUT2D eigenvalue weighted by Gasteiger charge is -2.22. The zero-order valence-corrected chi connectivity index (χ0v) is 14.3. The van der Waals surface area contributed by atoms with E-state index in [9.17, 15) is 4.79 Å². The number of ether oxygens (including phenoxy) is 1. The van der Waals surface area contributed by atoms with Crippen LogP contribution < -0.4 is 10.6 Å². The van der Waals surface area contributed by atoms with Crippen LogP contribution in [0, 0.1) is 6.92 Å². The molecule has 1 atom stereocenters. The summed E-state index contributed by atoms with van der Waals surface area (Å²) in [5.41, 5.74) is 2.19. The van der Waals surface area contributed by atoms with E-state index in [2.05, 4.69) is 21.7 Å². The van der Waals surface area contributed by atoms with Crippen LogP contribution in [0.4, 0.5) is 5.13 Å². The summed E-state index contributed by atoms with van der Waals surface area (Å²) in [6, 6.07) is 5.73. The van der Waals surface area contributed by atoms with Gasteiger partial charge in [-0.2, -0.15) is 0 Å². The number of amides is 1. The minimum Gasteiger partial charge on any atom is -0.378 e. The fourth-order valence-electron chi connectivity index (χ4n) is 2.32. The van der Waals surface area contributed by atoms with Gasteiger partial charge in [0.15, 0.2) is 5.13 Å². The molecule has 0 bridgehead atoms. The first kappa shape index (κ1) is 16.4. The Morgan fingerprint density at radius 1 is 1.57 bits per heavy atom. The monoisotopic (exact) mass is 351 g/mol. The van der Waals surface area contributed by atoms with Crippen molar-refractivity contribution < 1.29 is 9.53 Å². The van der Waals surface area contributed by atoms with Gasteiger partial charge in [-0.1, -0.05) is 23.7 Å². The highest BCUT2D eigenvalue weighted by Crippen LogP contribution is 2.24. The van der Waals surface area contributed by atoms with Crippen molar-refractivity contribution in [3.63, 3.8) is 0 Å². The van der Waals surface area contributed by atoms with E-state index in [4.69, 9.17) is 16.3 Å². The second kappa shape index (κ2) is 7.40. The molecule has 5 nitrogen and oxygen atoms in total. The summed E-state index contributed by atoms with van der Waals surface area (Å²) in [5, 5.41) is 7.34.